The maximum absolute atomic E-state index is 12.9. The number of allylic oxidation sites excluding steroid dienone is 14. The highest BCUT2D eigenvalue weighted by Crippen LogP contribution is 2.15. The fourth-order valence-electron chi connectivity index (χ4n) is 7.99. The first-order valence-electron chi connectivity index (χ1n) is 29.1. The van der Waals surface area contributed by atoms with Gasteiger partial charge in [0.05, 0.1) is 0 Å². The van der Waals surface area contributed by atoms with Crippen LogP contribution in [-0.2, 0) is 28.6 Å². The molecule has 6 heteroatoms. The van der Waals surface area contributed by atoms with E-state index in [0.29, 0.717) is 12.8 Å². The second kappa shape index (κ2) is 57.2. The van der Waals surface area contributed by atoms with Gasteiger partial charge >= 0.3 is 17.9 Å². The van der Waals surface area contributed by atoms with Crippen LogP contribution in [0.25, 0.3) is 0 Å². The fraction of sp³-hybridized carbons (Fsp3) is 0.730. The molecule has 0 unspecified atom stereocenters. The Kier molecular flexibility index (Phi) is 54.3. The predicted molar refractivity (Wildman–Crippen MR) is 297 cm³/mol. The molecule has 0 aliphatic rings. The molecule has 0 aromatic heterocycles. The standard InChI is InChI=1S/C63H108O6/c1-4-7-10-13-16-19-22-25-27-29-31-33-35-38-41-44-47-50-53-56-62(65)68-59-60(58-67-61(64)55-52-49-46-43-40-37-24-21-18-15-12-9-6-3)69-63(66)57-54-51-48-45-42-39-36-34-32-30-28-26-23-20-17-14-11-8-5-2/h8,11,17,20-21,24-28,32,34,39,42,60H,4-7,9-10,12-16,18-19,22-23,29-31,33,35-38,40-41,43-59H2,1-3H3/b11-8-,20-17-,24-21-,27-25-,28-26-,34-32-,42-39-/t60-/m0/s1. The minimum Gasteiger partial charge on any atom is -0.462 e. The van der Waals surface area contributed by atoms with E-state index in [1.165, 1.54) is 135 Å². The average molecular weight is 962 g/mol. The lowest BCUT2D eigenvalue weighted by Crippen LogP contribution is -2.30. The van der Waals surface area contributed by atoms with E-state index in [0.717, 1.165) is 103 Å². The van der Waals surface area contributed by atoms with Crippen LogP contribution in [0.3, 0.4) is 0 Å². The van der Waals surface area contributed by atoms with Gasteiger partial charge in [-0.1, -0.05) is 228 Å². The minimum absolute atomic E-state index is 0.0932. The van der Waals surface area contributed by atoms with Crippen LogP contribution in [0, 0.1) is 0 Å². The highest BCUT2D eigenvalue weighted by Gasteiger charge is 2.19. The zero-order chi connectivity index (χ0) is 50.0. The van der Waals surface area contributed by atoms with E-state index in [2.05, 4.69) is 106 Å². The third-order valence-electron chi connectivity index (χ3n) is 12.4. The SMILES string of the molecule is CC/C=C\C/C=C\C/C=C\C/C=C\C/C=C\CCCCCC(=O)O[C@@H](COC(=O)CCCCCCC/C=C\CCCCCC)COC(=O)CCCCCCCCCCC/C=C\CCCCCCCC. The highest BCUT2D eigenvalue weighted by molar-refractivity contribution is 5.71. The van der Waals surface area contributed by atoms with Gasteiger partial charge in [-0.2, -0.15) is 0 Å². The topological polar surface area (TPSA) is 78.9 Å². The van der Waals surface area contributed by atoms with E-state index >= 15 is 0 Å². The lowest BCUT2D eigenvalue weighted by molar-refractivity contribution is -0.167. The Balaban J connectivity index is 4.43. The number of esters is 3. The third kappa shape index (κ3) is 55.4. The molecule has 0 saturated heterocycles. The van der Waals surface area contributed by atoms with Crippen molar-refractivity contribution in [2.45, 2.75) is 284 Å². The summed E-state index contributed by atoms with van der Waals surface area (Å²) in [5, 5.41) is 0. The summed E-state index contributed by atoms with van der Waals surface area (Å²) in [6, 6.07) is 0. The van der Waals surface area contributed by atoms with Crippen molar-refractivity contribution >= 4 is 17.9 Å². The molecule has 0 aromatic carbocycles. The third-order valence-corrected chi connectivity index (χ3v) is 12.4. The van der Waals surface area contributed by atoms with E-state index in [9.17, 15) is 14.4 Å². The summed E-state index contributed by atoms with van der Waals surface area (Å²) in [5.74, 6) is -0.931. The van der Waals surface area contributed by atoms with Crippen molar-refractivity contribution in [2.75, 3.05) is 13.2 Å². The van der Waals surface area contributed by atoms with E-state index in [4.69, 9.17) is 14.2 Å². The molecular formula is C63H108O6. The van der Waals surface area contributed by atoms with E-state index in [1.807, 2.05) is 0 Å². The largest absolute Gasteiger partial charge is 0.462 e. The van der Waals surface area contributed by atoms with Crippen molar-refractivity contribution in [2.24, 2.45) is 0 Å². The summed E-state index contributed by atoms with van der Waals surface area (Å²) in [5.41, 5.74) is 0. The zero-order valence-electron chi connectivity index (χ0n) is 45.3. The smallest absolute Gasteiger partial charge is 0.306 e. The lowest BCUT2D eigenvalue weighted by Gasteiger charge is -2.18. The molecule has 0 aliphatic heterocycles. The fourth-order valence-corrected chi connectivity index (χ4v) is 7.99. The minimum atomic E-state index is -0.799. The number of ether oxygens (including phenoxy) is 3. The summed E-state index contributed by atoms with van der Waals surface area (Å²) >= 11 is 0. The first-order chi connectivity index (χ1) is 34.0. The molecule has 1 atom stereocenters. The number of hydrogen-bond acceptors (Lipinski definition) is 6. The van der Waals surface area contributed by atoms with Crippen LogP contribution in [0.2, 0.25) is 0 Å². The molecule has 0 amide bonds. The summed E-state index contributed by atoms with van der Waals surface area (Å²) < 4.78 is 16.8. The Morgan fingerprint density at radius 3 is 0.928 bits per heavy atom. The predicted octanol–water partition coefficient (Wildman–Crippen LogP) is 19.5. The Hall–Kier alpha value is -3.41. The summed E-state index contributed by atoms with van der Waals surface area (Å²) in [4.78, 5) is 38.2. The Morgan fingerprint density at radius 1 is 0.304 bits per heavy atom. The second-order valence-corrected chi connectivity index (χ2v) is 19.2. The molecule has 0 bridgehead atoms. The van der Waals surface area contributed by atoms with E-state index in [1.54, 1.807) is 0 Å². The zero-order valence-corrected chi connectivity index (χ0v) is 45.3. The van der Waals surface area contributed by atoms with Gasteiger partial charge in [-0.3, -0.25) is 14.4 Å². The first kappa shape index (κ1) is 65.6. The van der Waals surface area contributed by atoms with Gasteiger partial charge in [-0.15, -0.1) is 0 Å². The van der Waals surface area contributed by atoms with Gasteiger partial charge in [0.2, 0.25) is 0 Å². The molecule has 69 heavy (non-hydrogen) atoms. The summed E-state index contributed by atoms with van der Waals surface area (Å²) in [6.45, 7) is 6.49. The number of rotatable bonds is 52. The van der Waals surface area contributed by atoms with Crippen LogP contribution in [0.4, 0.5) is 0 Å². The highest BCUT2D eigenvalue weighted by atomic mass is 16.6. The summed E-state index contributed by atoms with van der Waals surface area (Å²) in [6.07, 6.45) is 74.3. The molecule has 0 rings (SSSR count). The molecule has 0 heterocycles. The Morgan fingerprint density at radius 2 is 0.565 bits per heavy atom. The normalized spacial score (nSPS) is 12.7. The summed E-state index contributed by atoms with van der Waals surface area (Å²) in [7, 11) is 0. The average Bonchev–Trinajstić information content (AvgIpc) is 3.35. The van der Waals surface area contributed by atoms with Gasteiger partial charge in [0.25, 0.3) is 0 Å². The molecule has 396 valence electrons. The van der Waals surface area contributed by atoms with Crippen LogP contribution in [0.15, 0.2) is 85.1 Å². The van der Waals surface area contributed by atoms with Crippen molar-refractivity contribution < 1.29 is 28.6 Å². The van der Waals surface area contributed by atoms with Crippen molar-refractivity contribution in [1.29, 1.82) is 0 Å². The van der Waals surface area contributed by atoms with Gasteiger partial charge in [0.1, 0.15) is 13.2 Å². The maximum atomic E-state index is 12.9. The maximum Gasteiger partial charge on any atom is 0.306 e. The van der Waals surface area contributed by atoms with Gasteiger partial charge < -0.3 is 14.2 Å². The van der Waals surface area contributed by atoms with Gasteiger partial charge in [0.15, 0.2) is 6.10 Å². The van der Waals surface area contributed by atoms with Crippen LogP contribution in [-0.4, -0.2) is 37.2 Å². The van der Waals surface area contributed by atoms with Crippen LogP contribution >= 0.6 is 0 Å². The van der Waals surface area contributed by atoms with E-state index < -0.39 is 6.10 Å². The molecule has 0 spiro atoms. The van der Waals surface area contributed by atoms with Crippen LogP contribution in [0.1, 0.15) is 278 Å². The van der Waals surface area contributed by atoms with Gasteiger partial charge in [-0.05, 0) is 116 Å². The molecule has 0 fully saturated rings. The molecule has 6 nitrogen and oxygen atoms in total. The van der Waals surface area contributed by atoms with Crippen LogP contribution < -0.4 is 0 Å². The molecule has 0 saturated carbocycles. The van der Waals surface area contributed by atoms with Crippen molar-refractivity contribution in [3.8, 4) is 0 Å². The Bertz CT molecular complexity index is 1330. The van der Waals surface area contributed by atoms with E-state index in [-0.39, 0.29) is 37.5 Å². The molecule has 0 aromatic rings. The van der Waals surface area contributed by atoms with Crippen LogP contribution in [0.5, 0.6) is 0 Å². The number of carbonyl (C=O) groups excluding carboxylic acids is 3. The monoisotopic (exact) mass is 961 g/mol. The quantitative estimate of drug-likeness (QED) is 0.0262. The molecular weight excluding hydrogens is 853 g/mol. The van der Waals surface area contributed by atoms with Crippen molar-refractivity contribution in [3.63, 3.8) is 0 Å². The number of hydrogen-bond donors (Lipinski definition) is 0. The second-order valence-electron chi connectivity index (χ2n) is 19.2. The van der Waals surface area contributed by atoms with Crippen molar-refractivity contribution in [1.82, 2.24) is 0 Å². The molecule has 0 radical (unpaired) electrons. The number of carbonyl (C=O) groups is 3. The number of unbranched alkanes of at least 4 members (excludes halogenated alkanes) is 27. The molecule has 0 N–H and O–H groups in total. The van der Waals surface area contributed by atoms with Crippen molar-refractivity contribution in [3.05, 3.63) is 85.1 Å². The molecule has 0 aliphatic carbocycles. The van der Waals surface area contributed by atoms with Gasteiger partial charge in [0, 0.05) is 19.3 Å². The Labute approximate surface area is 426 Å². The first-order valence-corrected chi connectivity index (χ1v) is 29.1. The van der Waals surface area contributed by atoms with Gasteiger partial charge in [-0.25, -0.2) is 0 Å². The lowest BCUT2D eigenvalue weighted by atomic mass is 10.1.